The van der Waals surface area contributed by atoms with Gasteiger partial charge in [-0.05, 0) is 48.2 Å². The standard InChI is InChI=1S/C29H25ClFN3O3/c30-21-8-6-20(7-9-21)28-24-17-33(32-27(24)29(35)34(28)23-12-14-36-15-13-23)25-16-22(31)10-11-26(25)37-18-19-4-2-1-3-5-19/h1-11,16-17,23,28H,12-15,18H2. The summed E-state index contributed by atoms with van der Waals surface area (Å²) in [6.45, 7) is 1.56. The van der Waals surface area contributed by atoms with E-state index in [0.29, 0.717) is 42.0 Å². The van der Waals surface area contributed by atoms with Crippen LogP contribution in [0, 0.1) is 5.82 Å². The molecule has 0 N–H and O–H groups in total. The summed E-state index contributed by atoms with van der Waals surface area (Å²) in [5.41, 5.74) is 3.51. The maximum absolute atomic E-state index is 14.4. The number of carbonyl (C=O) groups excluding carboxylic acids is 1. The zero-order valence-corrected chi connectivity index (χ0v) is 20.8. The zero-order chi connectivity index (χ0) is 25.4. The molecule has 8 heteroatoms. The van der Waals surface area contributed by atoms with Crippen LogP contribution in [0.4, 0.5) is 4.39 Å². The van der Waals surface area contributed by atoms with Crippen molar-refractivity contribution < 1.29 is 18.7 Å². The summed E-state index contributed by atoms with van der Waals surface area (Å²) < 4.78 is 27.5. The molecule has 1 aromatic heterocycles. The van der Waals surface area contributed by atoms with E-state index in [9.17, 15) is 9.18 Å². The smallest absolute Gasteiger partial charge is 0.275 e. The third-order valence-corrected chi connectivity index (χ3v) is 7.18. The van der Waals surface area contributed by atoms with Crippen molar-refractivity contribution in [2.75, 3.05) is 13.2 Å². The van der Waals surface area contributed by atoms with Crippen molar-refractivity contribution in [3.63, 3.8) is 0 Å². The topological polar surface area (TPSA) is 56.6 Å². The van der Waals surface area contributed by atoms with Crippen LogP contribution < -0.4 is 4.74 Å². The molecule has 0 radical (unpaired) electrons. The van der Waals surface area contributed by atoms with E-state index < -0.39 is 5.82 Å². The number of fused-ring (bicyclic) bond motifs is 1. The summed E-state index contributed by atoms with van der Waals surface area (Å²) in [5, 5.41) is 5.29. The first-order valence-corrected chi connectivity index (χ1v) is 12.7. The first kappa shape index (κ1) is 23.7. The Kier molecular flexibility index (Phi) is 6.40. The van der Waals surface area contributed by atoms with Gasteiger partial charge in [-0.1, -0.05) is 54.1 Å². The number of aromatic nitrogens is 2. The highest BCUT2D eigenvalue weighted by Gasteiger charge is 2.44. The van der Waals surface area contributed by atoms with Gasteiger partial charge in [0.25, 0.3) is 5.91 Å². The van der Waals surface area contributed by atoms with Crippen molar-refractivity contribution >= 4 is 17.5 Å². The maximum Gasteiger partial charge on any atom is 0.275 e. The number of carbonyl (C=O) groups is 1. The molecule has 1 unspecified atom stereocenters. The number of halogens is 2. The molecule has 0 saturated carbocycles. The number of ether oxygens (including phenoxy) is 2. The van der Waals surface area contributed by atoms with E-state index in [0.717, 1.165) is 29.5 Å². The second-order valence-corrected chi connectivity index (χ2v) is 9.71. The molecule has 1 saturated heterocycles. The van der Waals surface area contributed by atoms with Gasteiger partial charge in [0.1, 0.15) is 23.9 Å². The molecule has 1 fully saturated rings. The summed E-state index contributed by atoms with van der Waals surface area (Å²) in [4.78, 5) is 15.7. The lowest BCUT2D eigenvalue weighted by molar-refractivity contribution is 0.0245. The van der Waals surface area contributed by atoms with Gasteiger partial charge in [0, 0.05) is 42.1 Å². The van der Waals surface area contributed by atoms with Gasteiger partial charge in [-0.15, -0.1) is 0 Å². The van der Waals surface area contributed by atoms with Crippen molar-refractivity contribution in [3.05, 3.63) is 112 Å². The number of rotatable bonds is 6. The van der Waals surface area contributed by atoms with Crippen molar-refractivity contribution in [1.29, 1.82) is 0 Å². The fraction of sp³-hybridized carbons (Fsp3) is 0.241. The monoisotopic (exact) mass is 517 g/mol. The van der Waals surface area contributed by atoms with E-state index in [4.69, 9.17) is 21.1 Å². The fourth-order valence-corrected chi connectivity index (χ4v) is 5.24. The normalized spacial score (nSPS) is 17.7. The lowest BCUT2D eigenvalue weighted by Crippen LogP contribution is -2.42. The summed E-state index contributed by atoms with van der Waals surface area (Å²) in [6, 6.07) is 21.3. The summed E-state index contributed by atoms with van der Waals surface area (Å²) >= 11 is 6.16. The van der Waals surface area contributed by atoms with Crippen molar-refractivity contribution in [3.8, 4) is 11.4 Å². The second kappa shape index (κ2) is 10.00. The number of amides is 1. The first-order valence-electron chi connectivity index (χ1n) is 12.3. The number of hydrogen-bond donors (Lipinski definition) is 0. The highest BCUT2D eigenvalue weighted by atomic mass is 35.5. The lowest BCUT2D eigenvalue weighted by Gasteiger charge is -2.36. The highest BCUT2D eigenvalue weighted by molar-refractivity contribution is 6.30. The van der Waals surface area contributed by atoms with Crippen LogP contribution in [0.25, 0.3) is 5.69 Å². The summed E-state index contributed by atoms with van der Waals surface area (Å²) in [6.07, 6.45) is 3.35. The summed E-state index contributed by atoms with van der Waals surface area (Å²) in [5.74, 6) is -0.0749. The molecule has 4 aromatic rings. The highest BCUT2D eigenvalue weighted by Crippen LogP contribution is 2.42. The Balaban J connectivity index is 1.38. The Morgan fingerprint density at radius 3 is 2.54 bits per heavy atom. The van der Waals surface area contributed by atoms with Crippen LogP contribution in [0.15, 0.2) is 79.0 Å². The minimum absolute atomic E-state index is 0.0449. The molecule has 3 heterocycles. The molecule has 188 valence electrons. The van der Waals surface area contributed by atoms with Crippen LogP contribution in [0.1, 0.15) is 46.1 Å². The average Bonchev–Trinajstić information content (AvgIpc) is 3.47. The van der Waals surface area contributed by atoms with Crippen LogP contribution in [0.3, 0.4) is 0 Å². The van der Waals surface area contributed by atoms with Crippen LogP contribution in [0.2, 0.25) is 5.02 Å². The Bertz CT molecular complexity index is 1420. The molecule has 2 aliphatic rings. The SMILES string of the molecule is O=C1c2nn(-c3cc(F)ccc3OCc3ccccc3)cc2C(c2ccc(Cl)cc2)N1C1CCOCC1. The molecule has 0 aliphatic carbocycles. The first-order chi connectivity index (χ1) is 18.1. The van der Waals surface area contributed by atoms with Crippen LogP contribution in [0.5, 0.6) is 5.75 Å². The number of hydrogen-bond acceptors (Lipinski definition) is 4. The molecule has 6 nitrogen and oxygen atoms in total. The molecule has 1 atom stereocenters. The molecule has 3 aromatic carbocycles. The number of nitrogens with zero attached hydrogens (tertiary/aromatic N) is 3. The van der Waals surface area contributed by atoms with Crippen molar-refractivity contribution in [1.82, 2.24) is 14.7 Å². The van der Waals surface area contributed by atoms with Crippen LogP contribution in [-0.2, 0) is 11.3 Å². The molecule has 1 amide bonds. The predicted molar refractivity (Wildman–Crippen MR) is 138 cm³/mol. The molecule has 2 aliphatic heterocycles. The second-order valence-electron chi connectivity index (χ2n) is 9.27. The fourth-order valence-electron chi connectivity index (χ4n) is 5.12. The van der Waals surface area contributed by atoms with E-state index >= 15 is 0 Å². The van der Waals surface area contributed by atoms with Gasteiger partial charge in [0.15, 0.2) is 5.69 Å². The number of benzene rings is 3. The maximum atomic E-state index is 14.4. The van der Waals surface area contributed by atoms with Crippen LogP contribution in [-0.4, -0.2) is 39.8 Å². The third kappa shape index (κ3) is 4.61. The van der Waals surface area contributed by atoms with Gasteiger partial charge in [-0.2, -0.15) is 5.10 Å². The van der Waals surface area contributed by atoms with E-state index in [1.54, 1.807) is 10.7 Å². The molecular weight excluding hydrogens is 493 g/mol. The average molecular weight is 518 g/mol. The van der Waals surface area contributed by atoms with Gasteiger partial charge >= 0.3 is 0 Å². The minimum Gasteiger partial charge on any atom is -0.487 e. The third-order valence-electron chi connectivity index (χ3n) is 6.93. The van der Waals surface area contributed by atoms with Crippen molar-refractivity contribution in [2.45, 2.75) is 31.5 Å². The van der Waals surface area contributed by atoms with Gasteiger partial charge in [0.05, 0.1) is 6.04 Å². The molecular formula is C29H25ClFN3O3. The Morgan fingerprint density at radius 1 is 1.03 bits per heavy atom. The molecule has 0 spiro atoms. The minimum atomic E-state index is -0.415. The van der Waals surface area contributed by atoms with Crippen molar-refractivity contribution in [2.24, 2.45) is 0 Å². The largest absolute Gasteiger partial charge is 0.487 e. The Morgan fingerprint density at radius 2 is 1.78 bits per heavy atom. The zero-order valence-electron chi connectivity index (χ0n) is 20.0. The Labute approximate surface area is 219 Å². The van der Waals surface area contributed by atoms with E-state index in [-0.39, 0.29) is 18.0 Å². The van der Waals surface area contributed by atoms with Gasteiger partial charge in [-0.25, -0.2) is 9.07 Å². The van der Waals surface area contributed by atoms with Gasteiger partial charge in [0.2, 0.25) is 0 Å². The Hall–Kier alpha value is -3.68. The molecule has 6 rings (SSSR count). The van der Waals surface area contributed by atoms with Gasteiger partial charge < -0.3 is 14.4 Å². The van der Waals surface area contributed by atoms with E-state index in [1.807, 2.05) is 65.7 Å². The molecule has 0 bridgehead atoms. The van der Waals surface area contributed by atoms with E-state index in [2.05, 4.69) is 5.10 Å². The van der Waals surface area contributed by atoms with E-state index in [1.165, 1.54) is 12.1 Å². The summed E-state index contributed by atoms with van der Waals surface area (Å²) in [7, 11) is 0. The lowest BCUT2D eigenvalue weighted by atomic mass is 9.98. The molecule has 37 heavy (non-hydrogen) atoms. The predicted octanol–water partition coefficient (Wildman–Crippen LogP) is 5.97. The van der Waals surface area contributed by atoms with Gasteiger partial charge in [-0.3, -0.25) is 4.79 Å². The van der Waals surface area contributed by atoms with Crippen LogP contribution >= 0.6 is 11.6 Å². The quantitative estimate of drug-likeness (QED) is 0.316.